The quantitative estimate of drug-likeness (QED) is 0.669. The summed E-state index contributed by atoms with van der Waals surface area (Å²) in [6.07, 6.45) is 0. The molecule has 1 aromatic carbocycles. The van der Waals surface area contributed by atoms with E-state index in [0.717, 1.165) is 13.8 Å². The highest BCUT2D eigenvalue weighted by molar-refractivity contribution is 9.11. The lowest BCUT2D eigenvalue weighted by atomic mass is 10.2. The number of amides is 1. The van der Waals surface area contributed by atoms with Gasteiger partial charge in [0.15, 0.2) is 0 Å². The Morgan fingerprint density at radius 2 is 2.00 bits per heavy atom. The summed E-state index contributed by atoms with van der Waals surface area (Å²) in [6, 6.07) is 9.61. The molecule has 0 bridgehead atoms. The standard InChI is InChI=1S/C15H15Br2NO2S/c1-20-5-4-18(10-14-3-2-6-21-14)15(19)11-7-12(16)9-13(17)8-11/h2-3,6-9H,4-5,10H2,1H3. The Kier molecular flexibility index (Phi) is 6.41. The second-order valence-electron chi connectivity index (χ2n) is 4.46. The number of hydrogen-bond acceptors (Lipinski definition) is 3. The molecule has 0 saturated heterocycles. The lowest BCUT2D eigenvalue weighted by molar-refractivity contribution is 0.0682. The molecule has 0 aliphatic heterocycles. The number of carbonyl (C=O) groups is 1. The van der Waals surface area contributed by atoms with Gasteiger partial charge in [0.1, 0.15) is 0 Å². The first kappa shape index (κ1) is 16.7. The number of rotatable bonds is 6. The van der Waals surface area contributed by atoms with Gasteiger partial charge in [-0.05, 0) is 29.6 Å². The van der Waals surface area contributed by atoms with Gasteiger partial charge in [-0.1, -0.05) is 37.9 Å². The number of benzene rings is 1. The van der Waals surface area contributed by atoms with Crippen LogP contribution in [0.3, 0.4) is 0 Å². The lowest BCUT2D eigenvalue weighted by Crippen LogP contribution is -2.33. The fourth-order valence-electron chi connectivity index (χ4n) is 1.90. The van der Waals surface area contributed by atoms with Crippen molar-refractivity contribution in [3.63, 3.8) is 0 Å². The van der Waals surface area contributed by atoms with Gasteiger partial charge in [-0.3, -0.25) is 4.79 Å². The van der Waals surface area contributed by atoms with Crippen LogP contribution in [0, 0.1) is 0 Å². The van der Waals surface area contributed by atoms with Crippen LogP contribution in [0.2, 0.25) is 0 Å². The summed E-state index contributed by atoms with van der Waals surface area (Å²) in [4.78, 5) is 15.7. The summed E-state index contributed by atoms with van der Waals surface area (Å²) < 4.78 is 6.87. The van der Waals surface area contributed by atoms with Crippen LogP contribution in [0.25, 0.3) is 0 Å². The lowest BCUT2D eigenvalue weighted by Gasteiger charge is -2.22. The number of carbonyl (C=O) groups excluding carboxylic acids is 1. The molecule has 3 nitrogen and oxygen atoms in total. The molecule has 0 aliphatic carbocycles. The van der Waals surface area contributed by atoms with E-state index < -0.39 is 0 Å². The molecule has 0 atom stereocenters. The average molecular weight is 433 g/mol. The molecule has 0 spiro atoms. The van der Waals surface area contributed by atoms with E-state index in [4.69, 9.17) is 4.74 Å². The second-order valence-corrected chi connectivity index (χ2v) is 7.32. The molecule has 21 heavy (non-hydrogen) atoms. The van der Waals surface area contributed by atoms with Gasteiger partial charge in [-0.25, -0.2) is 0 Å². The van der Waals surface area contributed by atoms with E-state index in [0.29, 0.717) is 25.3 Å². The first-order chi connectivity index (χ1) is 10.1. The van der Waals surface area contributed by atoms with Crippen LogP contribution in [-0.2, 0) is 11.3 Å². The summed E-state index contributed by atoms with van der Waals surface area (Å²) in [5, 5.41) is 2.02. The van der Waals surface area contributed by atoms with Gasteiger partial charge in [0.05, 0.1) is 13.2 Å². The first-order valence-corrected chi connectivity index (χ1v) is 8.83. The predicted octanol–water partition coefficient (Wildman–Crippen LogP) is 4.56. The topological polar surface area (TPSA) is 29.5 Å². The number of methoxy groups -OCH3 is 1. The van der Waals surface area contributed by atoms with Crippen molar-refractivity contribution in [1.82, 2.24) is 4.90 Å². The highest BCUT2D eigenvalue weighted by atomic mass is 79.9. The first-order valence-electron chi connectivity index (χ1n) is 6.37. The number of nitrogens with zero attached hydrogens (tertiary/aromatic N) is 1. The third-order valence-corrected chi connectivity index (χ3v) is 4.67. The SMILES string of the molecule is COCCN(Cc1cccs1)C(=O)c1cc(Br)cc(Br)c1. The summed E-state index contributed by atoms with van der Waals surface area (Å²) in [6.45, 7) is 1.69. The van der Waals surface area contributed by atoms with Gasteiger partial charge >= 0.3 is 0 Å². The van der Waals surface area contributed by atoms with E-state index in [2.05, 4.69) is 31.9 Å². The van der Waals surface area contributed by atoms with Gasteiger partial charge in [0.2, 0.25) is 0 Å². The van der Waals surface area contributed by atoms with Gasteiger partial charge < -0.3 is 9.64 Å². The van der Waals surface area contributed by atoms with Gasteiger partial charge in [0.25, 0.3) is 5.91 Å². The third-order valence-electron chi connectivity index (χ3n) is 2.89. The molecule has 0 fully saturated rings. The van der Waals surface area contributed by atoms with E-state index in [-0.39, 0.29) is 5.91 Å². The molecule has 2 aromatic rings. The van der Waals surface area contributed by atoms with Crippen LogP contribution in [0.15, 0.2) is 44.7 Å². The van der Waals surface area contributed by atoms with Gasteiger partial charge in [0, 0.05) is 33.0 Å². The van der Waals surface area contributed by atoms with Crippen LogP contribution in [-0.4, -0.2) is 31.1 Å². The van der Waals surface area contributed by atoms with Crippen molar-refractivity contribution in [2.45, 2.75) is 6.54 Å². The normalized spacial score (nSPS) is 10.6. The third kappa shape index (κ3) is 4.92. The maximum atomic E-state index is 12.7. The van der Waals surface area contributed by atoms with Crippen molar-refractivity contribution < 1.29 is 9.53 Å². The van der Waals surface area contributed by atoms with Gasteiger partial charge in [-0.2, -0.15) is 0 Å². The molecule has 1 aromatic heterocycles. The summed E-state index contributed by atoms with van der Waals surface area (Å²) in [7, 11) is 1.64. The molecule has 0 N–H and O–H groups in total. The minimum absolute atomic E-state index is 0.00227. The Bertz CT molecular complexity index is 581. The molecule has 0 radical (unpaired) electrons. The summed E-state index contributed by atoms with van der Waals surface area (Å²) in [5.74, 6) is 0.00227. The molecule has 1 heterocycles. The average Bonchev–Trinajstić information content (AvgIpc) is 2.94. The van der Waals surface area contributed by atoms with Crippen LogP contribution < -0.4 is 0 Å². The Labute approximate surface area is 145 Å². The Morgan fingerprint density at radius 3 is 2.57 bits per heavy atom. The van der Waals surface area contributed by atoms with Crippen molar-refractivity contribution in [2.24, 2.45) is 0 Å². The van der Waals surface area contributed by atoms with Crippen molar-refractivity contribution in [3.05, 3.63) is 55.1 Å². The zero-order chi connectivity index (χ0) is 15.2. The Morgan fingerprint density at radius 1 is 1.29 bits per heavy atom. The second kappa shape index (κ2) is 8.08. The minimum Gasteiger partial charge on any atom is -0.383 e. The van der Waals surface area contributed by atoms with Gasteiger partial charge in [-0.15, -0.1) is 11.3 Å². The fraction of sp³-hybridized carbons (Fsp3) is 0.267. The van der Waals surface area contributed by atoms with Crippen LogP contribution in [0.1, 0.15) is 15.2 Å². The van der Waals surface area contributed by atoms with Crippen molar-refractivity contribution >= 4 is 49.1 Å². The summed E-state index contributed by atoms with van der Waals surface area (Å²) >= 11 is 8.49. The maximum absolute atomic E-state index is 12.7. The Hall–Kier alpha value is -0.690. The van der Waals surface area contributed by atoms with Crippen LogP contribution >= 0.6 is 43.2 Å². The van der Waals surface area contributed by atoms with Crippen LogP contribution in [0.4, 0.5) is 0 Å². The number of thiophene rings is 1. The van der Waals surface area contributed by atoms with Crippen molar-refractivity contribution in [3.8, 4) is 0 Å². The molecule has 1 amide bonds. The van der Waals surface area contributed by atoms with Crippen LogP contribution in [0.5, 0.6) is 0 Å². The van der Waals surface area contributed by atoms with E-state index >= 15 is 0 Å². The molecule has 0 aliphatic rings. The highest BCUT2D eigenvalue weighted by Crippen LogP contribution is 2.22. The van der Waals surface area contributed by atoms with E-state index in [9.17, 15) is 4.79 Å². The van der Waals surface area contributed by atoms with Crippen molar-refractivity contribution in [1.29, 1.82) is 0 Å². The minimum atomic E-state index is 0.00227. The largest absolute Gasteiger partial charge is 0.383 e. The Balaban J connectivity index is 2.20. The van der Waals surface area contributed by atoms with Crippen molar-refractivity contribution in [2.75, 3.05) is 20.3 Å². The summed E-state index contributed by atoms with van der Waals surface area (Å²) in [5.41, 5.74) is 0.656. The zero-order valence-corrected chi connectivity index (χ0v) is 15.5. The zero-order valence-electron chi connectivity index (χ0n) is 11.5. The molecule has 6 heteroatoms. The smallest absolute Gasteiger partial charge is 0.254 e. The molecule has 2 rings (SSSR count). The number of hydrogen-bond donors (Lipinski definition) is 0. The van der Waals surface area contributed by atoms with E-state index in [1.165, 1.54) is 0 Å². The van der Waals surface area contributed by atoms with E-state index in [1.54, 1.807) is 18.4 Å². The number of ether oxygens (including phenoxy) is 1. The molecule has 112 valence electrons. The molecule has 0 saturated carbocycles. The van der Waals surface area contributed by atoms with E-state index in [1.807, 2.05) is 40.6 Å². The number of halogens is 2. The maximum Gasteiger partial charge on any atom is 0.254 e. The predicted molar refractivity (Wildman–Crippen MR) is 92.8 cm³/mol. The highest BCUT2D eigenvalue weighted by Gasteiger charge is 2.17. The molecular weight excluding hydrogens is 418 g/mol. The monoisotopic (exact) mass is 431 g/mol. The molecule has 0 unspecified atom stereocenters. The fourth-order valence-corrected chi connectivity index (χ4v) is 3.92. The molecular formula is C15H15Br2NO2S.